The number of benzene rings is 3. The van der Waals surface area contributed by atoms with Gasteiger partial charge in [-0.05, 0) is 42.0 Å². The molecule has 35 heavy (non-hydrogen) atoms. The molecule has 0 bridgehead atoms. The van der Waals surface area contributed by atoms with Gasteiger partial charge in [-0.1, -0.05) is 36.4 Å². The molecule has 3 aromatic rings. The van der Waals surface area contributed by atoms with Gasteiger partial charge in [0.1, 0.15) is 11.6 Å². The molecule has 8 heteroatoms. The third-order valence-electron chi connectivity index (χ3n) is 7.05. The minimum Gasteiger partial charge on any atom is -0.497 e. The van der Waals surface area contributed by atoms with Gasteiger partial charge in [-0.15, -0.1) is 0 Å². The maximum absolute atomic E-state index is 13.8. The van der Waals surface area contributed by atoms with Crippen LogP contribution in [0.3, 0.4) is 0 Å². The number of anilines is 1. The fourth-order valence-corrected chi connectivity index (χ4v) is 5.46. The molecule has 3 aromatic carbocycles. The summed E-state index contributed by atoms with van der Waals surface area (Å²) in [5.74, 6) is -5.03. The van der Waals surface area contributed by atoms with E-state index in [0.29, 0.717) is 17.0 Å². The van der Waals surface area contributed by atoms with Crippen molar-refractivity contribution in [3.8, 4) is 5.75 Å². The quantitative estimate of drug-likeness (QED) is 0.429. The lowest BCUT2D eigenvalue weighted by molar-refractivity contribution is -0.127. The molecular formula is C27H18FNO6. The van der Waals surface area contributed by atoms with Crippen molar-refractivity contribution in [2.24, 2.45) is 11.8 Å². The summed E-state index contributed by atoms with van der Waals surface area (Å²) in [7, 11) is 1.49. The molecule has 2 heterocycles. The lowest BCUT2D eigenvalue weighted by Crippen LogP contribution is -2.51. The monoisotopic (exact) mass is 471 g/mol. The highest BCUT2D eigenvalue weighted by atomic mass is 19.1. The van der Waals surface area contributed by atoms with Crippen molar-refractivity contribution in [3.05, 3.63) is 95.3 Å². The number of carbonyl (C=O) groups excluding carboxylic acids is 4. The van der Waals surface area contributed by atoms with Crippen molar-refractivity contribution in [1.82, 2.24) is 0 Å². The van der Waals surface area contributed by atoms with Gasteiger partial charge in [0.25, 0.3) is 0 Å². The van der Waals surface area contributed by atoms with Crippen molar-refractivity contribution in [1.29, 1.82) is 0 Å². The molecule has 0 aromatic heterocycles. The van der Waals surface area contributed by atoms with Gasteiger partial charge in [0.05, 0.1) is 30.7 Å². The van der Waals surface area contributed by atoms with E-state index in [4.69, 9.17) is 9.47 Å². The Bertz CT molecular complexity index is 1380. The topological polar surface area (TPSA) is 90.0 Å². The average molecular weight is 471 g/mol. The number of methoxy groups -OCH3 is 1. The van der Waals surface area contributed by atoms with E-state index in [1.165, 1.54) is 43.5 Å². The first kappa shape index (κ1) is 21.4. The van der Waals surface area contributed by atoms with Crippen LogP contribution in [-0.2, 0) is 14.3 Å². The van der Waals surface area contributed by atoms with Crippen LogP contribution in [0, 0.1) is 17.7 Å². The van der Waals surface area contributed by atoms with E-state index in [-0.39, 0.29) is 11.1 Å². The number of carbonyl (C=O) groups is 4. The Morgan fingerprint density at radius 2 is 1.43 bits per heavy atom. The molecule has 2 amide bonds. The third kappa shape index (κ3) is 2.74. The summed E-state index contributed by atoms with van der Waals surface area (Å²) in [4.78, 5) is 55.9. The van der Waals surface area contributed by atoms with Crippen LogP contribution in [0.5, 0.6) is 5.75 Å². The van der Waals surface area contributed by atoms with Crippen molar-refractivity contribution in [3.63, 3.8) is 0 Å². The number of Topliss-reactive ketones (excluding diaryl/α,β-unsaturated/α-hetero) is 2. The first-order valence-corrected chi connectivity index (χ1v) is 11.0. The first-order chi connectivity index (χ1) is 16.9. The molecule has 3 aliphatic rings. The highest BCUT2D eigenvalue weighted by Crippen LogP contribution is 2.57. The van der Waals surface area contributed by atoms with Crippen LogP contribution in [0.25, 0.3) is 0 Å². The van der Waals surface area contributed by atoms with Crippen LogP contribution in [0.4, 0.5) is 10.1 Å². The van der Waals surface area contributed by atoms with Crippen LogP contribution in [-0.4, -0.2) is 36.1 Å². The molecule has 0 unspecified atom stereocenters. The third-order valence-corrected chi connectivity index (χ3v) is 7.05. The van der Waals surface area contributed by atoms with Crippen molar-refractivity contribution < 1.29 is 33.0 Å². The van der Waals surface area contributed by atoms with Crippen molar-refractivity contribution in [2.45, 2.75) is 11.7 Å². The Morgan fingerprint density at radius 1 is 0.829 bits per heavy atom. The summed E-state index contributed by atoms with van der Waals surface area (Å²) in [5, 5.41) is 0. The van der Waals surface area contributed by atoms with Gasteiger partial charge in [0.2, 0.25) is 29.0 Å². The number of nitrogens with zero attached hydrogens (tertiary/aromatic N) is 1. The van der Waals surface area contributed by atoms with Gasteiger partial charge in [0, 0.05) is 11.1 Å². The fourth-order valence-electron chi connectivity index (χ4n) is 5.46. The molecule has 2 aliphatic heterocycles. The van der Waals surface area contributed by atoms with Crippen LogP contribution in [0.1, 0.15) is 32.4 Å². The molecule has 7 nitrogen and oxygen atoms in total. The smallest absolute Gasteiger partial charge is 0.241 e. The van der Waals surface area contributed by atoms with E-state index in [2.05, 4.69) is 0 Å². The average Bonchev–Trinajstić information content (AvgIpc) is 3.44. The normalized spacial score (nSPS) is 24.3. The lowest BCUT2D eigenvalue weighted by atomic mass is 9.77. The van der Waals surface area contributed by atoms with E-state index in [1.54, 1.807) is 36.4 Å². The summed E-state index contributed by atoms with van der Waals surface area (Å²) >= 11 is 0. The highest BCUT2D eigenvalue weighted by molar-refractivity contribution is 6.37. The van der Waals surface area contributed by atoms with E-state index in [9.17, 15) is 23.6 Å². The van der Waals surface area contributed by atoms with E-state index < -0.39 is 52.7 Å². The largest absolute Gasteiger partial charge is 0.497 e. The number of hydrogen-bond donors (Lipinski definition) is 0. The summed E-state index contributed by atoms with van der Waals surface area (Å²) in [6.07, 6.45) is -1.09. The predicted octanol–water partition coefficient (Wildman–Crippen LogP) is 3.53. The molecule has 2 saturated heterocycles. The number of ether oxygens (including phenoxy) is 2. The zero-order chi connectivity index (χ0) is 24.5. The SMILES string of the molecule is COc1ccc(N2C(=O)[C@H]3[C@@H](C2=O)C2(O[C@H]3c3ccc(F)cc3)C(=O)c3ccccc3C2=O)cc1. The zero-order valence-electron chi connectivity index (χ0n) is 18.4. The van der Waals surface area contributed by atoms with Gasteiger partial charge < -0.3 is 9.47 Å². The number of imide groups is 1. The summed E-state index contributed by atoms with van der Waals surface area (Å²) < 4.78 is 25.0. The molecular weight excluding hydrogens is 453 g/mol. The lowest BCUT2D eigenvalue weighted by Gasteiger charge is -2.27. The zero-order valence-corrected chi connectivity index (χ0v) is 18.4. The Hall–Kier alpha value is -4.17. The molecule has 2 fully saturated rings. The fraction of sp³-hybridized carbons (Fsp3) is 0.185. The van der Waals surface area contributed by atoms with Gasteiger partial charge in [0.15, 0.2) is 0 Å². The Labute approximate surface area is 199 Å². The first-order valence-electron chi connectivity index (χ1n) is 11.0. The molecule has 0 radical (unpaired) electrons. The number of fused-ring (bicyclic) bond motifs is 3. The summed E-state index contributed by atoms with van der Waals surface area (Å²) in [6, 6.07) is 17.9. The number of rotatable bonds is 3. The highest BCUT2D eigenvalue weighted by Gasteiger charge is 2.74. The van der Waals surface area contributed by atoms with Gasteiger partial charge >= 0.3 is 0 Å². The molecule has 0 N–H and O–H groups in total. The Morgan fingerprint density at radius 3 is 2.00 bits per heavy atom. The van der Waals surface area contributed by atoms with Gasteiger partial charge in [-0.3, -0.25) is 19.2 Å². The van der Waals surface area contributed by atoms with Crippen LogP contribution >= 0.6 is 0 Å². The van der Waals surface area contributed by atoms with E-state index in [0.717, 1.165) is 4.90 Å². The maximum atomic E-state index is 13.8. The molecule has 174 valence electrons. The Kier molecular flexibility index (Phi) is 4.53. The van der Waals surface area contributed by atoms with E-state index >= 15 is 0 Å². The summed E-state index contributed by atoms with van der Waals surface area (Å²) in [5.41, 5.74) is -1.18. The molecule has 6 rings (SSSR count). The summed E-state index contributed by atoms with van der Waals surface area (Å²) in [6.45, 7) is 0. The standard InChI is InChI=1S/C27H18FNO6/c1-34-17-12-10-16(11-13-17)29-25(32)20-21(26(29)33)27(35-22(20)14-6-8-15(28)9-7-14)23(30)18-4-2-3-5-19(18)24(27)31/h2-13,20-22H,1H3/t20-,21-,22-/m0/s1. The second kappa shape index (κ2) is 7.41. The van der Waals surface area contributed by atoms with Crippen LogP contribution < -0.4 is 9.64 Å². The minimum atomic E-state index is -2.17. The van der Waals surface area contributed by atoms with E-state index in [1.807, 2.05) is 0 Å². The van der Waals surface area contributed by atoms with Crippen LogP contribution in [0.2, 0.25) is 0 Å². The minimum absolute atomic E-state index is 0.152. The molecule has 1 aliphatic carbocycles. The maximum Gasteiger partial charge on any atom is 0.241 e. The van der Waals surface area contributed by atoms with Crippen molar-refractivity contribution in [2.75, 3.05) is 12.0 Å². The second-order valence-electron chi connectivity index (χ2n) is 8.74. The Balaban J connectivity index is 1.52. The van der Waals surface area contributed by atoms with Crippen LogP contribution in [0.15, 0.2) is 72.8 Å². The molecule has 1 spiro atoms. The number of halogens is 1. The molecule has 3 atom stereocenters. The molecule has 0 saturated carbocycles. The van der Waals surface area contributed by atoms with Gasteiger partial charge in [-0.2, -0.15) is 0 Å². The number of hydrogen-bond acceptors (Lipinski definition) is 6. The van der Waals surface area contributed by atoms with Gasteiger partial charge in [-0.25, -0.2) is 9.29 Å². The predicted molar refractivity (Wildman–Crippen MR) is 121 cm³/mol. The second-order valence-corrected chi connectivity index (χ2v) is 8.74. The number of ketones is 2. The number of amides is 2. The van der Waals surface area contributed by atoms with Crippen molar-refractivity contribution >= 4 is 29.1 Å².